The number of aliphatic hydroxyl groups excluding tert-OH is 1. The molecule has 4 heterocycles. The normalized spacial score (nSPS) is 17.0. The van der Waals surface area contributed by atoms with Gasteiger partial charge in [-0.3, -0.25) is 4.90 Å². The van der Waals surface area contributed by atoms with Crippen molar-refractivity contribution < 1.29 is 5.11 Å². The van der Waals surface area contributed by atoms with Crippen molar-refractivity contribution >= 4 is 38.7 Å². The van der Waals surface area contributed by atoms with Crippen LogP contribution in [0, 0.1) is 0 Å². The molecule has 0 spiro atoms. The molecule has 0 fully saturated rings. The van der Waals surface area contributed by atoms with Crippen molar-refractivity contribution in [1.29, 1.82) is 0 Å². The molecule has 1 atom stereocenters. The van der Waals surface area contributed by atoms with Crippen LogP contribution in [0.2, 0.25) is 0 Å². The number of rotatable bonds is 6. The van der Waals surface area contributed by atoms with Crippen molar-refractivity contribution in [3.05, 3.63) is 62.7 Å². The number of β-amino-alcohol motifs (C(OH)–C–C–N with tert-alkyl or cyclic N) is 1. The number of hydrogen-bond donors (Lipinski definition) is 2. The molecule has 1 aliphatic carbocycles. The summed E-state index contributed by atoms with van der Waals surface area (Å²) in [6, 6.07) is 10.7. The third kappa shape index (κ3) is 4.30. The van der Waals surface area contributed by atoms with E-state index < -0.39 is 6.10 Å². The van der Waals surface area contributed by atoms with E-state index in [1.807, 2.05) is 11.3 Å². The van der Waals surface area contributed by atoms with Gasteiger partial charge in [0, 0.05) is 42.0 Å². The van der Waals surface area contributed by atoms with E-state index in [0.717, 1.165) is 54.4 Å². The molecule has 7 heteroatoms. The number of thiophene rings is 2. The number of aryl methyl sites for hydroxylation is 2. The fourth-order valence-corrected chi connectivity index (χ4v) is 6.99. The lowest BCUT2D eigenvalue weighted by molar-refractivity contribution is 0.114. The number of nitrogens with one attached hydrogen (secondary N) is 1. The van der Waals surface area contributed by atoms with Gasteiger partial charge in [0.15, 0.2) is 5.82 Å². The van der Waals surface area contributed by atoms with Crippen LogP contribution in [0.5, 0.6) is 0 Å². The SMILES string of the molecule is O[C@H](CNc1nc(-c2ccsc2)nc2sc3c(c12)CCCC3)CN1CCc2ccccc2C1. The summed E-state index contributed by atoms with van der Waals surface area (Å²) in [6.07, 6.45) is 5.31. The molecule has 4 aromatic rings. The molecule has 0 saturated carbocycles. The molecule has 0 saturated heterocycles. The number of fused-ring (bicyclic) bond motifs is 4. The first-order valence-corrected chi connectivity index (χ1v) is 13.6. The number of nitrogens with zero attached hydrogens (tertiary/aromatic N) is 3. The van der Waals surface area contributed by atoms with Gasteiger partial charge in [-0.15, -0.1) is 11.3 Å². The van der Waals surface area contributed by atoms with Crippen molar-refractivity contribution in [2.24, 2.45) is 0 Å². The van der Waals surface area contributed by atoms with Crippen LogP contribution in [-0.4, -0.2) is 45.7 Å². The van der Waals surface area contributed by atoms with Gasteiger partial charge >= 0.3 is 0 Å². The summed E-state index contributed by atoms with van der Waals surface area (Å²) in [4.78, 5) is 14.8. The Bertz CT molecular complexity index is 1270. The van der Waals surface area contributed by atoms with E-state index in [1.54, 1.807) is 11.3 Å². The molecule has 6 rings (SSSR count). The van der Waals surface area contributed by atoms with Gasteiger partial charge in [-0.1, -0.05) is 24.3 Å². The summed E-state index contributed by atoms with van der Waals surface area (Å²) in [6.45, 7) is 3.05. The fraction of sp³-hybridized carbons (Fsp3) is 0.385. The summed E-state index contributed by atoms with van der Waals surface area (Å²) in [7, 11) is 0. The molecule has 0 amide bonds. The van der Waals surface area contributed by atoms with E-state index in [2.05, 4.69) is 51.3 Å². The highest BCUT2D eigenvalue weighted by molar-refractivity contribution is 7.19. The molecular weight excluding hydrogens is 448 g/mol. The molecule has 1 aromatic carbocycles. The summed E-state index contributed by atoms with van der Waals surface area (Å²) in [5, 5.41) is 19.7. The first-order chi connectivity index (χ1) is 16.2. The summed E-state index contributed by atoms with van der Waals surface area (Å²) < 4.78 is 0. The molecular formula is C26H28N4OS2. The van der Waals surface area contributed by atoms with E-state index in [9.17, 15) is 5.11 Å². The molecule has 5 nitrogen and oxygen atoms in total. The summed E-state index contributed by atoms with van der Waals surface area (Å²) >= 11 is 3.49. The fourth-order valence-electron chi connectivity index (χ4n) is 5.09. The van der Waals surface area contributed by atoms with Gasteiger partial charge in [0.05, 0.1) is 11.5 Å². The maximum Gasteiger partial charge on any atom is 0.163 e. The zero-order chi connectivity index (χ0) is 22.2. The van der Waals surface area contributed by atoms with Gasteiger partial charge < -0.3 is 10.4 Å². The van der Waals surface area contributed by atoms with E-state index >= 15 is 0 Å². The number of benzene rings is 1. The Hall–Kier alpha value is -2.32. The van der Waals surface area contributed by atoms with Crippen LogP contribution in [0.3, 0.4) is 0 Å². The van der Waals surface area contributed by atoms with Gasteiger partial charge in [-0.05, 0) is 60.2 Å². The van der Waals surface area contributed by atoms with Crippen molar-refractivity contribution in [1.82, 2.24) is 14.9 Å². The zero-order valence-corrected chi connectivity index (χ0v) is 20.2. The second-order valence-corrected chi connectivity index (χ2v) is 11.0. The predicted octanol–water partition coefficient (Wildman–Crippen LogP) is 5.13. The lowest BCUT2D eigenvalue weighted by Crippen LogP contribution is -2.39. The first-order valence-electron chi connectivity index (χ1n) is 11.8. The number of hydrogen-bond acceptors (Lipinski definition) is 7. The maximum atomic E-state index is 10.9. The van der Waals surface area contributed by atoms with Gasteiger partial charge in [0.25, 0.3) is 0 Å². The smallest absolute Gasteiger partial charge is 0.163 e. The standard InChI is InChI=1S/C26H28N4OS2/c31-20(15-30-11-9-17-5-1-2-6-18(17)14-30)13-27-25-23-21-7-3-4-8-22(21)33-26(23)29-24(28-25)19-10-12-32-16-19/h1-2,5-6,10,12,16,20,31H,3-4,7-9,11,13-15H2,(H,27,28,29)/t20-/m1/s1. The highest BCUT2D eigenvalue weighted by atomic mass is 32.1. The van der Waals surface area contributed by atoms with Gasteiger partial charge in [-0.2, -0.15) is 11.3 Å². The van der Waals surface area contributed by atoms with Crippen LogP contribution in [0.15, 0.2) is 41.1 Å². The second kappa shape index (κ2) is 9.14. The van der Waals surface area contributed by atoms with Crippen LogP contribution in [0.1, 0.15) is 34.4 Å². The third-order valence-electron chi connectivity index (χ3n) is 6.78. The molecule has 0 unspecified atom stereocenters. The molecule has 0 bridgehead atoms. The first kappa shape index (κ1) is 21.2. The second-order valence-electron chi connectivity index (χ2n) is 9.09. The van der Waals surface area contributed by atoms with E-state index in [-0.39, 0.29) is 0 Å². The molecule has 33 heavy (non-hydrogen) atoms. The monoisotopic (exact) mass is 476 g/mol. The Balaban J connectivity index is 1.22. The Morgan fingerprint density at radius 1 is 1.06 bits per heavy atom. The van der Waals surface area contributed by atoms with Gasteiger partial charge in [-0.25, -0.2) is 9.97 Å². The predicted molar refractivity (Wildman–Crippen MR) is 137 cm³/mol. The van der Waals surface area contributed by atoms with Gasteiger partial charge in [0.1, 0.15) is 10.6 Å². The van der Waals surface area contributed by atoms with Crippen LogP contribution in [-0.2, 0) is 25.8 Å². The Morgan fingerprint density at radius 3 is 2.82 bits per heavy atom. The summed E-state index contributed by atoms with van der Waals surface area (Å²) in [5.74, 6) is 1.65. The largest absolute Gasteiger partial charge is 0.390 e. The lowest BCUT2D eigenvalue weighted by Gasteiger charge is -2.30. The minimum absolute atomic E-state index is 0.459. The van der Waals surface area contributed by atoms with E-state index in [0.29, 0.717) is 13.1 Å². The Kier molecular flexibility index (Phi) is 5.88. The van der Waals surface area contributed by atoms with Crippen molar-refractivity contribution in [3.63, 3.8) is 0 Å². The average molecular weight is 477 g/mol. The van der Waals surface area contributed by atoms with E-state index in [4.69, 9.17) is 9.97 Å². The van der Waals surface area contributed by atoms with E-state index in [1.165, 1.54) is 39.8 Å². The third-order valence-corrected chi connectivity index (χ3v) is 8.65. The molecule has 1 aliphatic heterocycles. The van der Waals surface area contributed by atoms with Crippen molar-refractivity contribution in [3.8, 4) is 11.4 Å². The average Bonchev–Trinajstić information content (AvgIpc) is 3.50. The molecule has 2 aliphatic rings. The van der Waals surface area contributed by atoms with Crippen molar-refractivity contribution in [2.75, 3.05) is 25.0 Å². The molecule has 3 aromatic heterocycles. The highest BCUT2D eigenvalue weighted by Crippen LogP contribution is 2.39. The minimum Gasteiger partial charge on any atom is -0.390 e. The van der Waals surface area contributed by atoms with Crippen LogP contribution in [0.25, 0.3) is 21.6 Å². The quantitative estimate of drug-likeness (QED) is 0.404. The van der Waals surface area contributed by atoms with Gasteiger partial charge in [0.2, 0.25) is 0 Å². The van der Waals surface area contributed by atoms with Crippen molar-refractivity contribution in [2.45, 2.75) is 44.8 Å². The van der Waals surface area contributed by atoms with Crippen LogP contribution >= 0.6 is 22.7 Å². The highest BCUT2D eigenvalue weighted by Gasteiger charge is 2.23. The lowest BCUT2D eigenvalue weighted by atomic mass is 9.97. The van der Waals surface area contributed by atoms with Crippen LogP contribution in [0.4, 0.5) is 5.82 Å². The Labute approximate surface area is 202 Å². The minimum atomic E-state index is -0.459. The molecule has 0 radical (unpaired) electrons. The molecule has 2 N–H and O–H groups in total. The maximum absolute atomic E-state index is 10.9. The number of aromatic nitrogens is 2. The summed E-state index contributed by atoms with van der Waals surface area (Å²) in [5.41, 5.74) is 5.30. The Morgan fingerprint density at radius 2 is 1.94 bits per heavy atom. The van der Waals surface area contributed by atoms with Crippen LogP contribution < -0.4 is 5.32 Å². The number of anilines is 1. The topological polar surface area (TPSA) is 61.3 Å². The zero-order valence-electron chi connectivity index (χ0n) is 18.6. The molecule has 170 valence electrons. The number of aliphatic hydroxyl groups is 1.